The van der Waals surface area contributed by atoms with Crippen LogP contribution in [0.3, 0.4) is 0 Å². The lowest BCUT2D eigenvalue weighted by Gasteiger charge is -2.30. The van der Waals surface area contributed by atoms with Crippen LogP contribution in [0.4, 0.5) is 0 Å². The molecule has 1 saturated carbocycles. The highest BCUT2D eigenvalue weighted by Crippen LogP contribution is 2.39. The van der Waals surface area contributed by atoms with Crippen LogP contribution in [-0.4, -0.2) is 76.1 Å². The van der Waals surface area contributed by atoms with Crippen molar-refractivity contribution in [1.29, 1.82) is 0 Å². The Balaban J connectivity index is 1.30. The molecule has 2 aromatic carbocycles. The molecule has 0 unspecified atom stereocenters. The molecule has 0 radical (unpaired) electrons. The number of piperidine rings is 1. The van der Waals surface area contributed by atoms with E-state index in [4.69, 9.17) is 15.6 Å². The van der Waals surface area contributed by atoms with E-state index in [1.54, 1.807) is 26.1 Å². The van der Waals surface area contributed by atoms with Gasteiger partial charge in [-0.25, -0.2) is 4.52 Å². The first kappa shape index (κ1) is 29.1. The number of likely N-dealkylation sites (tertiary alicyclic amines) is 1. The van der Waals surface area contributed by atoms with Crippen LogP contribution in [0, 0.1) is 12.8 Å². The number of aryl methyl sites for hydroxylation is 1. The van der Waals surface area contributed by atoms with Crippen LogP contribution in [0.5, 0.6) is 5.75 Å². The minimum atomic E-state index is -0.0467. The zero-order valence-corrected chi connectivity index (χ0v) is 26.4. The summed E-state index contributed by atoms with van der Waals surface area (Å²) in [5.41, 5.74) is 14.5. The van der Waals surface area contributed by atoms with Crippen molar-refractivity contribution >= 4 is 28.2 Å². The van der Waals surface area contributed by atoms with Gasteiger partial charge in [-0.05, 0) is 80.0 Å². The van der Waals surface area contributed by atoms with E-state index in [1.807, 2.05) is 45.9 Å². The van der Waals surface area contributed by atoms with Crippen LogP contribution < -0.4 is 10.5 Å². The number of hydrogen-bond acceptors (Lipinski definition) is 5. The predicted molar refractivity (Wildman–Crippen MR) is 177 cm³/mol. The minimum absolute atomic E-state index is 0.00687. The van der Waals surface area contributed by atoms with Gasteiger partial charge in [0.2, 0.25) is 0 Å². The van der Waals surface area contributed by atoms with Crippen molar-refractivity contribution in [3.05, 3.63) is 77.5 Å². The summed E-state index contributed by atoms with van der Waals surface area (Å²) >= 11 is 0. The molecular formula is C36H40N6O3. The normalized spacial score (nSPS) is 16.8. The summed E-state index contributed by atoms with van der Waals surface area (Å²) in [4.78, 5) is 29.3. The Morgan fingerprint density at radius 1 is 1.00 bits per heavy atom. The standard InChI is InChI=1S/C36H40N6O3/c1-22-33(38-42-20-28(18-32(45-4)34(22)42)36(44)40-15-5-6-29(37)21-40)31-17-27-14-13-26(16-30(27)41(31)19-23-7-8-23)24-9-11-25(12-10-24)35(43)39(2)3/h9-14,16-18,20,23,29H,5-8,15,19,21,37H2,1-4H3/t29-/m1/s1. The molecule has 45 heavy (non-hydrogen) atoms. The molecule has 1 aliphatic heterocycles. The SMILES string of the molecule is COc1cc(C(=O)N2CCC[C@@H](N)C2)cn2nc(-c3cc4ccc(-c5ccc(C(=O)N(C)C)cc5)cc4n3CC3CC3)c(C)c12. The molecule has 1 saturated heterocycles. The van der Waals surface area contributed by atoms with Gasteiger partial charge in [0.1, 0.15) is 17.0 Å². The molecule has 1 aliphatic carbocycles. The highest BCUT2D eigenvalue weighted by Gasteiger charge is 2.28. The van der Waals surface area contributed by atoms with Crippen LogP contribution in [0.15, 0.2) is 60.8 Å². The fraction of sp³-hybridized carbons (Fsp3) is 0.361. The number of pyridine rings is 1. The van der Waals surface area contributed by atoms with E-state index in [2.05, 4.69) is 35.8 Å². The lowest BCUT2D eigenvalue weighted by molar-refractivity contribution is 0.0707. The number of benzene rings is 2. The number of methoxy groups -OCH3 is 1. The van der Waals surface area contributed by atoms with E-state index in [9.17, 15) is 9.59 Å². The monoisotopic (exact) mass is 604 g/mol. The van der Waals surface area contributed by atoms with Crippen molar-refractivity contribution in [3.8, 4) is 28.3 Å². The van der Waals surface area contributed by atoms with Crippen molar-refractivity contribution in [2.45, 2.75) is 45.2 Å². The number of rotatable bonds is 7. The van der Waals surface area contributed by atoms with Crippen molar-refractivity contribution in [1.82, 2.24) is 24.0 Å². The van der Waals surface area contributed by atoms with Crippen molar-refractivity contribution < 1.29 is 14.3 Å². The summed E-state index contributed by atoms with van der Waals surface area (Å²) in [6, 6.07) is 18.4. The van der Waals surface area contributed by atoms with E-state index in [0.717, 1.165) is 63.9 Å². The molecule has 2 aliphatic rings. The second kappa shape index (κ2) is 11.4. The number of ether oxygens (including phenoxy) is 1. The van der Waals surface area contributed by atoms with Gasteiger partial charge in [0.25, 0.3) is 11.8 Å². The number of hydrogen-bond donors (Lipinski definition) is 1. The highest BCUT2D eigenvalue weighted by atomic mass is 16.5. The molecular weight excluding hydrogens is 564 g/mol. The van der Waals surface area contributed by atoms with E-state index in [1.165, 1.54) is 12.8 Å². The quantitative estimate of drug-likeness (QED) is 0.260. The number of nitrogens with two attached hydrogens (primary N) is 1. The van der Waals surface area contributed by atoms with Crippen LogP contribution in [0.1, 0.15) is 52.0 Å². The van der Waals surface area contributed by atoms with Gasteiger partial charge in [0.05, 0.1) is 18.4 Å². The third-order valence-corrected chi connectivity index (χ3v) is 9.30. The molecule has 1 atom stereocenters. The van der Waals surface area contributed by atoms with Gasteiger partial charge < -0.3 is 24.8 Å². The predicted octanol–water partition coefficient (Wildman–Crippen LogP) is 5.62. The Bertz CT molecular complexity index is 1930. The molecule has 7 rings (SSSR count). The summed E-state index contributed by atoms with van der Waals surface area (Å²) in [7, 11) is 5.17. The number of nitrogens with zero attached hydrogens (tertiary/aromatic N) is 5. The van der Waals surface area contributed by atoms with Crippen molar-refractivity contribution in [2.75, 3.05) is 34.3 Å². The molecule has 2 amide bonds. The first-order chi connectivity index (χ1) is 21.7. The van der Waals surface area contributed by atoms with Crippen LogP contribution in [0.2, 0.25) is 0 Å². The number of amides is 2. The third-order valence-electron chi connectivity index (χ3n) is 9.30. The maximum absolute atomic E-state index is 13.5. The summed E-state index contributed by atoms with van der Waals surface area (Å²) in [5, 5.41) is 6.23. The summed E-state index contributed by atoms with van der Waals surface area (Å²) < 4.78 is 10.0. The van der Waals surface area contributed by atoms with Gasteiger partial charge in [0, 0.05) is 68.0 Å². The Morgan fingerprint density at radius 2 is 1.76 bits per heavy atom. The fourth-order valence-electron chi connectivity index (χ4n) is 6.63. The third kappa shape index (κ3) is 5.35. The smallest absolute Gasteiger partial charge is 0.255 e. The van der Waals surface area contributed by atoms with E-state index in [0.29, 0.717) is 35.9 Å². The van der Waals surface area contributed by atoms with Crippen LogP contribution in [0.25, 0.3) is 38.9 Å². The number of carbonyl (C=O) groups excluding carboxylic acids is 2. The lowest BCUT2D eigenvalue weighted by Crippen LogP contribution is -2.45. The highest BCUT2D eigenvalue weighted by molar-refractivity contribution is 5.97. The van der Waals surface area contributed by atoms with E-state index >= 15 is 0 Å². The lowest BCUT2D eigenvalue weighted by atomic mass is 10.0. The van der Waals surface area contributed by atoms with Gasteiger partial charge >= 0.3 is 0 Å². The molecule has 2 fully saturated rings. The molecule has 3 aromatic heterocycles. The fourth-order valence-corrected chi connectivity index (χ4v) is 6.63. The Morgan fingerprint density at radius 3 is 2.44 bits per heavy atom. The maximum Gasteiger partial charge on any atom is 0.255 e. The molecule has 5 aromatic rings. The van der Waals surface area contributed by atoms with Gasteiger partial charge in [-0.2, -0.15) is 5.10 Å². The van der Waals surface area contributed by atoms with E-state index < -0.39 is 0 Å². The van der Waals surface area contributed by atoms with Gasteiger partial charge in [-0.3, -0.25) is 9.59 Å². The largest absolute Gasteiger partial charge is 0.494 e. The summed E-state index contributed by atoms with van der Waals surface area (Å²) in [5.74, 6) is 1.22. The minimum Gasteiger partial charge on any atom is -0.494 e. The maximum atomic E-state index is 13.5. The molecule has 2 N–H and O–H groups in total. The van der Waals surface area contributed by atoms with E-state index in [-0.39, 0.29) is 17.9 Å². The zero-order chi connectivity index (χ0) is 31.4. The summed E-state index contributed by atoms with van der Waals surface area (Å²) in [6.45, 7) is 4.26. The zero-order valence-electron chi connectivity index (χ0n) is 26.4. The average Bonchev–Trinajstić information content (AvgIpc) is 3.72. The summed E-state index contributed by atoms with van der Waals surface area (Å²) in [6.07, 6.45) is 6.13. The van der Waals surface area contributed by atoms with Gasteiger partial charge in [0.15, 0.2) is 0 Å². The number of carbonyl (C=O) groups is 2. The molecule has 9 nitrogen and oxygen atoms in total. The van der Waals surface area contributed by atoms with Crippen LogP contribution >= 0.6 is 0 Å². The van der Waals surface area contributed by atoms with Gasteiger partial charge in [-0.15, -0.1) is 0 Å². The Labute approximate surface area is 263 Å². The molecule has 0 spiro atoms. The van der Waals surface area contributed by atoms with Crippen molar-refractivity contribution in [2.24, 2.45) is 11.7 Å². The first-order valence-corrected chi connectivity index (χ1v) is 15.8. The average molecular weight is 605 g/mol. The van der Waals surface area contributed by atoms with Crippen molar-refractivity contribution in [3.63, 3.8) is 0 Å². The van der Waals surface area contributed by atoms with Gasteiger partial charge in [-0.1, -0.05) is 24.3 Å². The molecule has 232 valence electrons. The Hall–Kier alpha value is -4.63. The second-order valence-electron chi connectivity index (χ2n) is 12.9. The van der Waals surface area contributed by atoms with Crippen LogP contribution in [-0.2, 0) is 6.54 Å². The molecule has 4 heterocycles. The second-order valence-corrected chi connectivity index (χ2v) is 12.9. The Kier molecular flexibility index (Phi) is 7.36. The molecule has 0 bridgehead atoms. The first-order valence-electron chi connectivity index (χ1n) is 15.8. The topological polar surface area (TPSA) is 98.1 Å². The number of fused-ring (bicyclic) bond motifs is 2. The molecule has 9 heteroatoms. The number of aromatic nitrogens is 3.